The van der Waals surface area contributed by atoms with Crippen molar-refractivity contribution in [3.8, 4) is 0 Å². The topological polar surface area (TPSA) is 46.6 Å². The lowest BCUT2D eigenvalue weighted by molar-refractivity contribution is -0.128. The zero-order valence-electron chi connectivity index (χ0n) is 12.3. The molecule has 0 bridgehead atoms. The molecule has 4 heteroatoms. The summed E-state index contributed by atoms with van der Waals surface area (Å²) in [6.07, 6.45) is -0.196. The molecule has 1 aliphatic rings. The van der Waals surface area contributed by atoms with Crippen LogP contribution in [0.5, 0.6) is 0 Å². The summed E-state index contributed by atoms with van der Waals surface area (Å²) in [5, 5.41) is 0. The van der Waals surface area contributed by atoms with E-state index in [1.54, 1.807) is 0 Å². The number of carbonyl (C=O) groups is 2. The molecule has 1 fully saturated rings. The van der Waals surface area contributed by atoms with Crippen molar-refractivity contribution in [1.29, 1.82) is 0 Å². The van der Waals surface area contributed by atoms with Gasteiger partial charge in [0.2, 0.25) is 5.91 Å². The number of nitrogens with zero attached hydrogens (tertiary/aromatic N) is 1. The number of benzene rings is 1. The first kappa shape index (κ1) is 14.6. The van der Waals surface area contributed by atoms with Gasteiger partial charge in [0.1, 0.15) is 6.61 Å². The molecule has 1 unspecified atom stereocenters. The summed E-state index contributed by atoms with van der Waals surface area (Å²) in [6, 6.07) is 9.98. The van der Waals surface area contributed by atoms with Crippen molar-refractivity contribution in [3.05, 3.63) is 35.9 Å². The number of amides is 2. The minimum Gasteiger partial charge on any atom is -0.447 e. The van der Waals surface area contributed by atoms with Crippen LogP contribution in [0.15, 0.2) is 30.3 Å². The van der Waals surface area contributed by atoms with E-state index in [9.17, 15) is 9.59 Å². The molecule has 1 atom stereocenters. The summed E-state index contributed by atoms with van der Waals surface area (Å²) in [4.78, 5) is 25.0. The summed E-state index contributed by atoms with van der Waals surface area (Å²) in [6.45, 7) is 7.00. The van der Waals surface area contributed by atoms with Crippen molar-refractivity contribution in [1.82, 2.24) is 4.90 Å². The first-order chi connectivity index (χ1) is 9.39. The zero-order valence-corrected chi connectivity index (χ0v) is 12.3. The van der Waals surface area contributed by atoms with Crippen molar-refractivity contribution in [3.63, 3.8) is 0 Å². The van der Waals surface area contributed by atoms with Crippen LogP contribution in [0.1, 0.15) is 38.7 Å². The zero-order chi connectivity index (χ0) is 14.8. The Kier molecular flexibility index (Phi) is 4.12. The summed E-state index contributed by atoms with van der Waals surface area (Å²) in [7, 11) is 0. The fraction of sp³-hybridized carbons (Fsp3) is 0.500. The Hall–Kier alpha value is -1.84. The quantitative estimate of drug-likeness (QED) is 0.851. The Morgan fingerprint density at radius 1 is 1.30 bits per heavy atom. The highest BCUT2D eigenvalue weighted by Gasteiger charge is 2.34. The van der Waals surface area contributed by atoms with Gasteiger partial charge in [0.15, 0.2) is 0 Å². The number of rotatable bonds is 3. The molecule has 0 radical (unpaired) electrons. The number of ether oxygens (including phenoxy) is 1. The lowest BCUT2D eigenvalue weighted by Crippen LogP contribution is -2.34. The second-order valence-electron chi connectivity index (χ2n) is 6.19. The molecule has 2 amide bonds. The third-order valence-electron chi connectivity index (χ3n) is 3.69. The first-order valence-electron chi connectivity index (χ1n) is 6.91. The van der Waals surface area contributed by atoms with Crippen LogP contribution in [0.25, 0.3) is 0 Å². The number of imide groups is 1. The molecule has 1 aromatic carbocycles. The molecule has 108 valence electrons. The third kappa shape index (κ3) is 3.18. The second-order valence-corrected chi connectivity index (χ2v) is 6.19. The smallest absolute Gasteiger partial charge is 0.416 e. The molecule has 1 saturated heterocycles. The lowest BCUT2D eigenvalue weighted by Gasteiger charge is -2.31. The molecule has 4 nitrogen and oxygen atoms in total. The van der Waals surface area contributed by atoms with Gasteiger partial charge in [-0.25, -0.2) is 9.69 Å². The van der Waals surface area contributed by atoms with Gasteiger partial charge in [-0.05, 0) is 16.9 Å². The third-order valence-corrected chi connectivity index (χ3v) is 3.69. The van der Waals surface area contributed by atoms with E-state index in [2.05, 4.69) is 20.8 Å². The SMILES string of the molecule is CC(C)(C)C(CC(=O)N1CCOC1=O)c1ccccc1. The molecule has 1 heterocycles. The fourth-order valence-corrected chi connectivity index (χ4v) is 2.51. The van der Waals surface area contributed by atoms with Gasteiger partial charge in [-0.2, -0.15) is 0 Å². The van der Waals surface area contributed by atoms with Crippen molar-refractivity contribution in [2.24, 2.45) is 5.41 Å². The van der Waals surface area contributed by atoms with Gasteiger partial charge in [-0.3, -0.25) is 4.79 Å². The summed E-state index contributed by atoms with van der Waals surface area (Å²) in [5.41, 5.74) is 1.07. The Morgan fingerprint density at radius 3 is 2.45 bits per heavy atom. The van der Waals surface area contributed by atoms with Crippen LogP contribution in [0.3, 0.4) is 0 Å². The number of hydrogen-bond donors (Lipinski definition) is 0. The Bertz CT molecular complexity index is 490. The highest BCUT2D eigenvalue weighted by molar-refractivity contribution is 5.93. The van der Waals surface area contributed by atoms with Crippen LogP contribution in [-0.4, -0.2) is 30.1 Å². The molecule has 0 N–H and O–H groups in total. The van der Waals surface area contributed by atoms with Crippen LogP contribution in [0, 0.1) is 5.41 Å². The van der Waals surface area contributed by atoms with E-state index in [1.807, 2.05) is 30.3 Å². The maximum Gasteiger partial charge on any atom is 0.416 e. The van der Waals surface area contributed by atoms with E-state index in [4.69, 9.17) is 4.74 Å². The fourth-order valence-electron chi connectivity index (χ4n) is 2.51. The highest BCUT2D eigenvalue weighted by Crippen LogP contribution is 2.38. The van der Waals surface area contributed by atoms with Gasteiger partial charge in [0.05, 0.1) is 6.54 Å². The maximum absolute atomic E-state index is 12.3. The van der Waals surface area contributed by atoms with E-state index in [-0.39, 0.29) is 17.2 Å². The monoisotopic (exact) mass is 275 g/mol. The Morgan fingerprint density at radius 2 is 1.95 bits per heavy atom. The summed E-state index contributed by atoms with van der Waals surface area (Å²) >= 11 is 0. The largest absolute Gasteiger partial charge is 0.447 e. The van der Waals surface area contributed by atoms with Crippen molar-refractivity contribution in [2.45, 2.75) is 33.1 Å². The van der Waals surface area contributed by atoms with E-state index in [1.165, 1.54) is 4.90 Å². The average molecular weight is 275 g/mol. The molecule has 0 spiro atoms. The van der Waals surface area contributed by atoms with Crippen molar-refractivity contribution < 1.29 is 14.3 Å². The molecular formula is C16H21NO3. The molecule has 1 aromatic rings. The summed E-state index contributed by atoms with van der Waals surface area (Å²) < 4.78 is 4.83. The molecule has 0 saturated carbocycles. The molecule has 0 aromatic heterocycles. The second kappa shape index (κ2) is 5.65. The van der Waals surface area contributed by atoms with Gasteiger partial charge in [0.25, 0.3) is 0 Å². The minimum absolute atomic E-state index is 0.0549. The minimum atomic E-state index is -0.518. The van der Waals surface area contributed by atoms with Crippen LogP contribution in [-0.2, 0) is 9.53 Å². The van der Waals surface area contributed by atoms with Gasteiger partial charge in [-0.1, -0.05) is 51.1 Å². The van der Waals surface area contributed by atoms with Crippen LogP contribution in [0.4, 0.5) is 4.79 Å². The normalized spacial score (nSPS) is 16.9. The van der Waals surface area contributed by atoms with Gasteiger partial charge >= 0.3 is 6.09 Å². The lowest BCUT2D eigenvalue weighted by atomic mass is 9.74. The van der Waals surface area contributed by atoms with Crippen LogP contribution in [0.2, 0.25) is 0 Å². The van der Waals surface area contributed by atoms with Crippen molar-refractivity contribution in [2.75, 3.05) is 13.2 Å². The number of cyclic esters (lactones) is 1. The van der Waals surface area contributed by atoms with Gasteiger partial charge < -0.3 is 4.74 Å². The van der Waals surface area contributed by atoms with Crippen LogP contribution < -0.4 is 0 Å². The Labute approximate surface area is 119 Å². The molecule has 2 rings (SSSR count). The van der Waals surface area contributed by atoms with Gasteiger partial charge in [0, 0.05) is 6.42 Å². The molecule has 0 aliphatic carbocycles. The summed E-state index contributed by atoms with van der Waals surface area (Å²) in [5.74, 6) is -0.0825. The van der Waals surface area contributed by atoms with E-state index in [0.29, 0.717) is 19.6 Å². The Balaban J connectivity index is 2.17. The first-order valence-corrected chi connectivity index (χ1v) is 6.91. The standard InChI is InChI=1S/C16H21NO3/c1-16(2,3)13(12-7-5-4-6-8-12)11-14(18)17-9-10-20-15(17)19/h4-8,13H,9-11H2,1-3H3. The van der Waals surface area contributed by atoms with Gasteiger partial charge in [-0.15, -0.1) is 0 Å². The van der Waals surface area contributed by atoms with E-state index >= 15 is 0 Å². The maximum atomic E-state index is 12.3. The highest BCUT2D eigenvalue weighted by atomic mass is 16.6. The molecule has 1 aliphatic heterocycles. The average Bonchev–Trinajstić information content (AvgIpc) is 2.82. The number of hydrogen-bond acceptors (Lipinski definition) is 3. The predicted octanol–water partition coefficient (Wildman–Crippen LogP) is 3.19. The number of carbonyl (C=O) groups excluding carboxylic acids is 2. The van der Waals surface area contributed by atoms with Crippen LogP contribution >= 0.6 is 0 Å². The molecular weight excluding hydrogens is 254 g/mol. The predicted molar refractivity (Wildman–Crippen MR) is 76.3 cm³/mol. The van der Waals surface area contributed by atoms with E-state index in [0.717, 1.165) is 5.56 Å². The van der Waals surface area contributed by atoms with E-state index < -0.39 is 6.09 Å². The molecule has 20 heavy (non-hydrogen) atoms. The van der Waals surface area contributed by atoms with Crippen molar-refractivity contribution >= 4 is 12.0 Å².